The van der Waals surface area contributed by atoms with Gasteiger partial charge in [-0.05, 0) is 44.2 Å². The van der Waals surface area contributed by atoms with E-state index in [4.69, 9.17) is 0 Å². The summed E-state index contributed by atoms with van der Waals surface area (Å²) in [4.78, 5) is 14.1. The number of carbonyl (C=O) groups excluding carboxylic acids is 1. The molecule has 4 heteroatoms. The Morgan fingerprint density at radius 1 is 1.56 bits per heavy atom. The van der Waals surface area contributed by atoms with Crippen molar-refractivity contribution < 1.29 is 9.90 Å². The van der Waals surface area contributed by atoms with E-state index in [1.807, 2.05) is 13.0 Å². The van der Waals surface area contributed by atoms with E-state index in [2.05, 4.69) is 5.32 Å². The van der Waals surface area contributed by atoms with Gasteiger partial charge in [0.15, 0.2) is 0 Å². The first-order valence-electron chi connectivity index (χ1n) is 6.64. The van der Waals surface area contributed by atoms with Crippen LogP contribution in [0.1, 0.15) is 53.2 Å². The topological polar surface area (TPSA) is 49.3 Å². The lowest BCUT2D eigenvalue weighted by Gasteiger charge is -2.22. The van der Waals surface area contributed by atoms with Crippen LogP contribution in [0.25, 0.3) is 0 Å². The highest BCUT2D eigenvalue weighted by Gasteiger charge is 2.22. The molecule has 0 saturated heterocycles. The van der Waals surface area contributed by atoms with Crippen LogP contribution in [-0.2, 0) is 12.8 Å². The number of aliphatic hydroxyl groups is 1. The molecule has 100 valence electrons. The van der Waals surface area contributed by atoms with Crippen LogP contribution in [0.3, 0.4) is 0 Å². The highest BCUT2D eigenvalue weighted by Crippen LogP contribution is 2.30. The van der Waals surface area contributed by atoms with Crippen molar-refractivity contribution in [1.82, 2.24) is 5.32 Å². The first-order chi connectivity index (χ1) is 8.52. The molecule has 1 unspecified atom stereocenters. The summed E-state index contributed by atoms with van der Waals surface area (Å²) in [6.07, 6.45) is 5.05. The van der Waals surface area contributed by atoms with Crippen molar-refractivity contribution in [2.24, 2.45) is 0 Å². The Kier molecular flexibility index (Phi) is 4.07. The lowest BCUT2D eigenvalue weighted by molar-refractivity contribution is 0.0470. The van der Waals surface area contributed by atoms with Gasteiger partial charge in [-0.25, -0.2) is 0 Å². The van der Waals surface area contributed by atoms with Crippen LogP contribution in [0.15, 0.2) is 6.07 Å². The van der Waals surface area contributed by atoms with Crippen molar-refractivity contribution in [3.8, 4) is 0 Å². The van der Waals surface area contributed by atoms with Gasteiger partial charge in [0.2, 0.25) is 0 Å². The van der Waals surface area contributed by atoms with E-state index < -0.39 is 5.60 Å². The number of aryl methyl sites for hydroxylation is 2. The van der Waals surface area contributed by atoms with Gasteiger partial charge in [0.05, 0.1) is 10.5 Å². The molecule has 1 aliphatic carbocycles. The quantitative estimate of drug-likeness (QED) is 0.861. The average Bonchev–Trinajstić information content (AvgIpc) is 2.85. The maximum atomic E-state index is 12.0. The molecule has 0 aliphatic heterocycles. The van der Waals surface area contributed by atoms with Gasteiger partial charge in [0.25, 0.3) is 5.91 Å². The lowest BCUT2D eigenvalue weighted by Crippen LogP contribution is -2.40. The largest absolute Gasteiger partial charge is 0.388 e. The van der Waals surface area contributed by atoms with Gasteiger partial charge in [-0.15, -0.1) is 11.3 Å². The minimum atomic E-state index is -0.801. The molecular weight excluding hydrogens is 246 g/mol. The maximum absolute atomic E-state index is 12.0. The third-order valence-corrected chi connectivity index (χ3v) is 4.62. The number of thiophene rings is 1. The van der Waals surface area contributed by atoms with Crippen LogP contribution in [0.4, 0.5) is 0 Å². The molecule has 1 amide bonds. The van der Waals surface area contributed by atoms with Gasteiger partial charge in [-0.2, -0.15) is 0 Å². The fourth-order valence-electron chi connectivity index (χ4n) is 2.43. The zero-order valence-electron chi connectivity index (χ0n) is 11.1. The van der Waals surface area contributed by atoms with E-state index in [1.54, 1.807) is 18.3 Å². The summed E-state index contributed by atoms with van der Waals surface area (Å²) in [6.45, 7) is 4.12. The molecule has 0 saturated carbocycles. The van der Waals surface area contributed by atoms with Crippen LogP contribution in [0.5, 0.6) is 0 Å². The third kappa shape index (κ3) is 3.12. The molecule has 3 nitrogen and oxygen atoms in total. The van der Waals surface area contributed by atoms with E-state index in [-0.39, 0.29) is 5.91 Å². The Bertz CT molecular complexity index is 416. The molecule has 1 aromatic rings. The van der Waals surface area contributed by atoms with Crippen molar-refractivity contribution >= 4 is 17.2 Å². The summed E-state index contributed by atoms with van der Waals surface area (Å²) in [5.74, 6) is -0.0502. The van der Waals surface area contributed by atoms with E-state index >= 15 is 0 Å². The second-order valence-corrected chi connectivity index (χ2v) is 6.48. The molecular formula is C14H21NO2S. The minimum absolute atomic E-state index is 0.0502. The minimum Gasteiger partial charge on any atom is -0.388 e. The second-order valence-electron chi connectivity index (χ2n) is 5.34. The van der Waals surface area contributed by atoms with E-state index in [1.165, 1.54) is 16.9 Å². The zero-order valence-corrected chi connectivity index (χ0v) is 11.9. The SMILES string of the molecule is CCCC(C)(O)CNC(=O)c1cc2c(s1)CCC2. The van der Waals surface area contributed by atoms with Gasteiger partial charge in [-0.1, -0.05) is 13.3 Å². The molecule has 0 aromatic carbocycles. The first-order valence-corrected chi connectivity index (χ1v) is 7.45. The van der Waals surface area contributed by atoms with Gasteiger partial charge in [0.1, 0.15) is 0 Å². The number of nitrogens with one attached hydrogen (secondary N) is 1. The molecule has 0 fully saturated rings. The predicted octanol–water partition coefficient (Wildman–Crippen LogP) is 2.52. The average molecular weight is 267 g/mol. The monoisotopic (exact) mass is 267 g/mol. The van der Waals surface area contributed by atoms with E-state index in [0.29, 0.717) is 13.0 Å². The number of rotatable bonds is 5. The van der Waals surface area contributed by atoms with Crippen LogP contribution < -0.4 is 5.32 Å². The van der Waals surface area contributed by atoms with Gasteiger partial charge in [-0.3, -0.25) is 4.79 Å². The van der Waals surface area contributed by atoms with Crippen LogP contribution in [-0.4, -0.2) is 23.2 Å². The summed E-state index contributed by atoms with van der Waals surface area (Å²) < 4.78 is 0. The summed E-state index contributed by atoms with van der Waals surface area (Å²) in [5, 5.41) is 12.9. The molecule has 2 N–H and O–H groups in total. The van der Waals surface area contributed by atoms with Crippen LogP contribution in [0, 0.1) is 0 Å². The summed E-state index contributed by atoms with van der Waals surface area (Å²) in [7, 11) is 0. The number of amides is 1. The van der Waals surface area contributed by atoms with Crippen molar-refractivity contribution in [2.45, 2.75) is 51.6 Å². The van der Waals surface area contributed by atoms with Gasteiger partial charge < -0.3 is 10.4 Å². The molecule has 0 radical (unpaired) electrons. The number of fused-ring (bicyclic) bond motifs is 1. The molecule has 0 spiro atoms. The standard InChI is InChI=1S/C14H21NO2S/c1-3-7-14(2,17)9-15-13(16)12-8-10-5-4-6-11(10)18-12/h8,17H,3-7,9H2,1-2H3,(H,15,16). The smallest absolute Gasteiger partial charge is 0.261 e. The molecule has 1 aliphatic rings. The predicted molar refractivity (Wildman–Crippen MR) is 74.2 cm³/mol. The Balaban J connectivity index is 1.91. The van der Waals surface area contributed by atoms with Crippen molar-refractivity contribution in [2.75, 3.05) is 6.54 Å². The molecule has 1 heterocycles. The third-order valence-electron chi connectivity index (χ3n) is 3.39. The lowest BCUT2D eigenvalue weighted by atomic mass is 10.0. The Morgan fingerprint density at radius 3 is 3.00 bits per heavy atom. The van der Waals surface area contributed by atoms with Crippen molar-refractivity contribution in [3.63, 3.8) is 0 Å². The normalized spacial score (nSPS) is 17.3. The second kappa shape index (κ2) is 5.41. The summed E-state index contributed by atoms with van der Waals surface area (Å²) in [5.41, 5.74) is 0.537. The molecule has 1 atom stereocenters. The molecule has 0 bridgehead atoms. The Hall–Kier alpha value is -0.870. The Morgan fingerprint density at radius 2 is 2.33 bits per heavy atom. The maximum Gasteiger partial charge on any atom is 0.261 e. The first kappa shape index (κ1) is 13.6. The van der Waals surface area contributed by atoms with E-state index in [9.17, 15) is 9.90 Å². The summed E-state index contributed by atoms with van der Waals surface area (Å²) in [6, 6.07) is 2.01. The molecule has 18 heavy (non-hydrogen) atoms. The van der Waals surface area contributed by atoms with Crippen LogP contribution in [0.2, 0.25) is 0 Å². The van der Waals surface area contributed by atoms with Crippen molar-refractivity contribution in [1.29, 1.82) is 0 Å². The molecule has 2 rings (SSSR count). The highest BCUT2D eigenvalue weighted by atomic mass is 32.1. The highest BCUT2D eigenvalue weighted by molar-refractivity contribution is 7.14. The Labute approximate surface area is 112 Å². The molecule has 1 aromatic heterocycles. The number of hydrogen-bond acceptors (Lipinski definition) is 3. The zero-order chi connectivity index (χ0) is 13.2. The van der Waals surface area contributed by atoms with Crippen molar-refractivity contribution in [3.05, 3.63) is 21.4 Å². The number of hydrogen-bond donors (Lipinski definition) is 2. The summed E-state index contributed by atoms with van der Waals surface area (Å²) >= 11 is 1.60. The van der Waals surface area contributed by atoms with Crippen LogP contribution >= 0.6 is 11.3 Å². The van der Waals surface area contributed by atoms with Gasteiger partial charge in [0, 0.05) is 11.4 Å². The fraction of sp³-hybridized carbons (Fsp3) is 0.643. The van der Waals surface area contributed by atoms with Gasteiger partial charge >= 0.3 is 0 Å². The van der Waals surface area contributed by atoms with E-state index in [0.717, 1.165) is 24.1 Å². The number of carbonyl (C=O) groups is 1. The fourth-order valence-corrected chi connectivity index (χ4v) is 3.60.